The van der Waals surface area contributed by atoms with Crippen LogP contribution in [0.25, 0.3) is 5.69 Å². The van der Waals surface area contributed by atoms with Crippen LogP contribution in [-0.2, 0) is 11.2 Å². The Bertz CT molecular complexity index is 826. The van der Waals surface area contributed by atoms with E-state index in [0.29, 0.717) is 6.42 Å². The summed E-state index contributed by atoms with van der Waals surface area (Å²) in [5.41, 5.74) is 2.97. The summed E-state index contributed by atoms with van der Waals surface area (Å²) in [5.74, 6) is 0.700. The van der Waals surface area contributed by atoms with Gasteiger partial charge in [-0.05, 0) is 30.7 Å². The maximum Gasteiger partial charge on any atom is 0.225 e. The van der Waals surface area contributed by atoms with Crippen molar-refractivity contribution in [3.05, 3.63) is 78.4 Å². The zero-order chi connectivity index (χ0) is 17.6. The fourth-order valence-corrected chi connectivity index (χ4v) is 2.74. The molecule has 1 atom stereocenters. The number of hydrogen-bond acceptors (Lipinski definition) is 3. The standard InChI is InChI=1S/C20H21N3O2/c1-15(16-7-9-18(10-8-16)23-12-11-21-14-23)22-20(24)13-17-5-3-4-6-19(17)25-2/h3-12,14-15H,13H2,1-2H3,(H,22,24). The molecule has 3 rings (SSSR count). The van der Waals surface area contributed by atoms with Gasteiger partial charge < -0.3 is 14.6 Å². The maximum atomic E-state index is 12.3. The number of methoxy groups -OCH3 is 1. The van der Waals surface area contributed by atoms with E-state index in [1.807, 2.05) is 66.2 Å². The molecule has 0 saturated heterocycles. The number of ether oxygens (including phenoxy) is 1. The summed E-state index contributed by atoms with van der Waals surface area (Å²) in [7, 11) is 1.61. The molecule has 5 nitrogen and oxygen atoms in total. The second-order valence-corrected chi connectivity index (χ2v) is 5.84. The molecule has 0 aliphatic rings. The fraction of sp³-hybridized carbons (Fsp3) is 0.200. The van der Waals surface area contributed by atoms with Gasteiger partial charge in [-0.25, -0.2) is 4.98 Å². The van der Waals surface area contributed by atoms with E-state index in [1.165, 1.54) is 0 Å². The molecular weight excluding hydrogens is 314 g/mol. The number of rotatable bonds is 6. The summed E-state index contributed by atoms with van der Waals surface area (Å²) in [4.78, 5) is 16.4. The molecule has 0 saturated carbocycles. The Morgan fingerprint density at radius 3 is 2.64 bits per heavy atom. The fourth-order valence-electron chi connectivity index (χ4n) is 2.74. The Morgan fingerprint density at radius 2 is 1.96 bits per heavy atom. The van der Waals surface area contributed by atoms with Crippen LogP contribution in [0.1, 0.15) is 24.1 Å². The number of hydrogen-bond donors (Lipinski definition) is 1. The van der Waals surface area contributed by atoms with Crippen LogP contribution in [0.15, 0.2) is 67.3 Å². The van der Waals surface area contributed by atoms with Crippen molar-refractivity contribution < 1.29 is 9.53 Å². The normalized spacial score (nSPS) is 11.8. The van der Waals surface area contributed by atoms with Gasteiger partial charge in [-0.1, -0.05) is 30.3 Å². The summed E-state index contributed by atoms with van der Waals surface area (Å²) in [6.45, 7) is 1.98. The lowest BCUT2D eigenvalue weighted by Crippen LogP contribution is -2.28. The first-order valence-electron chi connectivity index (χ1n) is 8.17. The van der Waals surface area contributed by atoms with Gasteiger partial charge in [0.2, 0.25) is 5.91 Å². The monoisotopic (exact) mass is 335 g/mol. The van der Waals surface area contributed by atoms with E-state index >= 15 is 0 Å². The topological polar surface area (TPSA) is 56.1 Å². The minimum Gasteiger partial charge on any atom is -0.496 e. The van der Waals surface area contributed by atoms with E-state index in [2.05, 4.69) is 10.3 Å². The molecule has 0 aliphatic carbocycles. The lowest BCUT2D eigenvalue weighted by Gasteiger charge is -2.16. The Balaban J connectivity index is 1.63. The van der Waals surface area contributed by atoms with E-state index in [9.17, 15) is 4.79 Å². The third kappa shape index (κ3) is 4.07. The molecular formula is C20H21N3O2. The zero-order valence-corrected chi connectivity index (χ0v) is 14.3. The van der Waals surface area contributed by atoms with Crippen molar-refractivity contribution in [2.45, 2.75) is 19.4 Å². The van der Waals surface area contributed by atoms with Gasteiger partial charge in [-0.3, -0.25) is 4.79 Å². The van der Waals surface area contributed by atoms with Crippen LogP contribution < -0.4 is 10.1 Å². The number of benzene rings is 2. The Morgan fingerprint density at radius 1 is 1.20 bits per heavy atom. The molecule has 128 valence electrons. The number of nitrogens with one attached hydrogen (secondary N) is 1. The minimum absolute atomic E-state index is 0.0318. The summed E-state index contributed by atoms with van der Waals surface area (Å²) >= 11 is 0. The van der Waals surface area contributed by atoms with Gasteiger partial charge in [0.1, 0.15) is 5.75 Å². The predicted octanol–water partition coefficient (Wildman–Crippen LogP) is 3.30. The van der Waals surface area contributed by atoms with Crippen LogP contribution in [0.2, 0.25) is 0 Å². The summed E-state index contributed by atoms with van der Waals surface area (Å²) in [6.07, 6.45) is 5.69. The van der Waals surface area contributed by atoms with Crippen LogP contribution in [-0.4, -0.2) is 22.6 Å². The number of aromatic nitrogens is 2. The highest BCUT2D eigenvalue weighted by Crippen LogP contribution is 2.19. The predicted molar refractivity (Wildman–Crippen MR) is 96.8 cm³/mol. The molecule has 1 aromatic heterocycles. The smallest absolute Gasteiger partial charge is 0.225 e. The maximum absolute atomic E-state index is 12.3. The van der Waals surface area contributed by atoms with Crippen molar-refractivity contribution in [3.8, 4) is 11.4 Å². The lowest BCUT2D eigenvalue weighted by molar-refractivity contribution is -0.121. The average molecular weight is 335 g/mol. The van der Waals surface area contributed by atoms with Crippen LogP contribution in [0, 0.1) is 0 Å². The Labute approximate surface area is 147 Å². The van der Waals surface area contributed by atoms with E-state index in [1.54, 1.807) is 19.6 Å². The van der Waals surface area contributed by atoms with E-state index in [0.717, 1.165) is 22.6 Å². The highest BCUT2D eigenvalue weighted by atomic mass is 16.5. The van der Waals surface area contributed by atoms with Crippen molar-refractivity contribution in [1.29, 1.82) is 0 Å². The Hall–Kier alpha value is -3.08. The number of amides is 1. The lowest BCUT2D eigenvalue weighted by atomic mass is 10.1. The molecule has 1 heterocycles. The second kappa shape index (κ2) is 7.66. The number of carbonyl (C=O) groups is 1. The van der Waals surface area contributed by atoms with Gasteiger partial charge in [-0.15, -0.1) is 0 Å². The summed E-state index contributed by atoms with van der Waals surface area (Å²) in [5, 5.41) is 3.04. The van der Waals surface area contributed by atoms with Gasteiger partial charge in [0.05, 0.1) is 25.9 Å². The first kappa shape index (κ1) is 16.8. The zero-order valence-electron chi connectivity index (χ0n) is 14.3. The second-order valence-electron chi connectivity index (χ2n) is 5.84. The number of imidazole rings is 1. The van der Waals surface area contributed by atoms with Crippen molar-refractivity contribution in [2.24, 2.45) is 0 Å². The third-order valence-corrected chi connectivity index (χ3v) is 4.12. The van der Waals surface area contributed by atoms with Gasteiger partial charge in [0.25, 0.3) is 0 Å². The number of nitrogens with zero attached hydrogens (tertiary/aromatic N) is 2. The largest absolute Gasteiger partial charge is 0.496 e. The van der Waals surface area contributed by atoms with Crippen LogP contribution >= 0.6 is 0 Å². The number of carbonyl (C=O) groups excluding carboxylic acids is 1. The van der Waals surface area contributed by atoms with Crippen LogP contribution in [0.5, 0.6) is 5.75 Å². The summed E-state index contributed by atoms with van der Waals surface area (Å²) < 4.78 is 7.24. The molecule has 0 bridgehead atoms. The molecule has 1 unspecified atom stereocenters. The minimum atomic E-state index is -0.0703. The van der Waals surface area contributed by atoms with Crippen molar-refractivity contribution in [2.75, 3.05) is 7.11 Å². The van der Waals surface area contributed by atoms with Gasteiger partial charge in [-0.2, -0.15) is 0 Å². The van der Waals surface area contributed by atoms with Crippen molar-refractivity contribution >= 4 is 5.91 Å². The molecule has 0 fully saturated rings. The molecule has 0 aliphatic heterocycles. The van der Waals surface area contributed by atoms with Gasteiger partial charge in [0, 0.05) is 23.6 Å². The third-order valence-electron chi connectivity index (χ3n) is 4.12. The molecule has 5 heteroatoms. The van der Waals surface area contributed by atoms with E-state index in [-0.39, 0.29) is 11.9 Å². The summed E-state index contributed by atoms with van der Waals surface area (Å²) in [6, 6.07) is 15.6. The molecule has 1 N–H and O–H groups in total. The Kier molecular flexibility index (Phi) is 5.14. The molecule has 0 radical (unpaired) electrons. The SMILES string of the molecule is COc1ccccc1CC(=O)NC(C)c1ccc(-n2ccnc2)cc1. The van der Waals surface area contributed by atoms with Crippen molar-refractivity contribution in [3.63, 3.8) is 0 Å². The van der Waals surface area contributed by atoms with Crippen LogP contribution in [0.4, 0.5) is 0 Å². The first-order chi connectivity index (χ1) is 12.2. The average Bonchev–Trinajstić information content (AvgIpc) is 3.17. The molecule has 0 spiro atoms. The molecule has 3 aromatic rings. The molecule has 25 heavy (non-hydrogen) atoms. The van der Waals surface area contributed by atoms with Crippen LogP contribution in [0.3, 0.4) is 0 Å². The van der Waals surface area contributed by atoms with E-state index in [4.69, 9.17) is 4.74 Å². The van der Waals surface area contributed by atoms with Gasteiger partial charge in [0.15, 0.2) is 0 Å². The quantitative estimate of drug-likeness (QED) is 0.752. The first-order valence-corrected chi connectivity index (χ1v) is 8.17. The highest BCUT2D eigenvalue weighted by Gasteiger charge is 2.12. The molecule has 2 aromatic carbocycles. The van der Waals surface area contributed by atoms with Crippen molar-refractivity contribution in [1.82, 2.24) is 14.9 Å². The molecule has 1 amide bonds. The number of para-hydroxylation sites is 1. The van der Waals surface area contributed by atoms with E-state index < -0.39 is 0 Å². The van der Waals surface area contributed by atoms with Gasteiger partial charge >= 0.3 is 0 Å². The highest BCUT2D eigenvalue weighted by molar-refractivity contribution is 5.79.